The molecule has 0 aromatic heterocycles. The van der Waals surface area contributed by atoms with Crippen molar-refractivity contribution in [2.45, 2.75) is 31.8 Å². The normalized spacial score (nSPS) is 20.4. The maximum Gasteiger partial charge on any atom is 0.277 e. The van der Waals surface area contributed by atoms with Crippen molar-refractivity contribution in [1.82, 2.24) is 9.37 Å². The van der Waals surface area contributed by atoms with Gasteiger partial charge in [-0.05, 0) is 43.9 Å². The Morgan fingerprint density at radius 3 is 2.60 bits per heavy atom. The van der Waals surface area contributed by atoms with Gasteiger partial charge in [-0.15, -0.1) is 0 Å². The van der Waals surface area contributed by atoms with Crippen molar-refractivity contribution in [3.8, 4) is 5.75 Å². The zero-order valence-corrected chi connectivity index (χ0v) is 15.2. The second-order valence-corrected chi connectivity index (χ2v) is 8.44. The highest BCUT2D eigenvalue weighted by molar-refractivity contribution is 7.88. The molecule has 2 heterocycles. The minimum Gasteiger partial charge on any atom is -0.490 e. The smallest absolute Gasteiger partial charge is 0.277 e. The van der Waals surface area contributed by atoms with Gasteiger partial charge >= 0.3 is 0 Å². The van der Waals surface area contributed by atoms with E-state index in [9.17, 15) is 13.2 Å². The van der Waals surface area contributed by atoms with E-state index in [0.717, 1.165) is 12.8 Å². The molecule has 0 spiro atoms. The largest absolute Gasteiger partial charge is 0.490 e. The standard InChI is InChI=1S/C17H24N2O5S/c1-25(21,22)18-10-7-15(8-11-18)24-16-6-4-5-14(13-16)17(20)19-9-2-3-12-23-19/h4-6,13,15H,2-3,7-12H2,1H3. The monoisotopic (exact) mass is 368 g/mol. The highest BCUT2D eigenvalue weighted by Crippen LogP contribution is 2.22. The molecule has 0 radical (unpaired) electrons. The molecule has 1 aromatic carbocycles. The number of hydrogen-bond acceptors (Lipinski definition) is 5. The molecular weight excluding hydrogens is 344 g/mol. The van der Waals surface area contributed by atoms with Gasteiger partial charge in [0.25, 0.3) is 5.91 Å². The maximum absolute atomic E-state index is 12.5. The number of ether oxygens (including phenoxy) is 1. The van der Waals surface area contributed by atoms with Crippen LogP contribution in [-0.2, 0) is 14.9 Å². The lowest BCUT2D eigenvalue weighted by Gasteiger charge is -2.30. The van der Waals surface area contributed by atoms with Crippen LogP contribution in [0.5, 0.6) is 5.75 Å². The van der Waals surface area contributed by atoms with Gasteiger partial charge < -0.3 is 4.74 Å². The SMILES string of the molecule is CS(=O)(=O)N1CCC(Oc2cccc(C(=O)N3CCCCO3)c2)CC1. The van der Waals surface area contributed by atoms with E-state index in [1.165, 1.54) is 15.6 Å². The number of hydroxylamine groups is 2. The van der Waals surface area contributed by atoms with Crippen LogP contribution < -0.4 is 4.74 Å². The first kappa shape index (κ1) is 18.2. The van der Waals surface area contributed by atoms with Crippen LogP contribution in [0, 0.1) is 0 Å². The molecule has 0 N–H and O–H groups in total. The van der Waals surface area contributed by atoms with Crippen molar-refractivity contribution in [3.63, 3.8) is 0 Å². The highest BCUT2D eigenvalue weighted by atomic mass is 32.2. The summed E-state index contributed by atoms with van der Waals surface area (Å²) in [6.07, 6.45) is 4.38. The molecule has 2 aliphatic heterocycles. The van der Waals surface area contributed by atoms with Crippen molar-refractivity contribution < 1.29 is 22.8 Å². The van der Waals surface area contributed by atoms with Gasteiger partial charge in [-0.2, -0.15) is 0 Å². The van der Waals surface area contributed by atoms with E-state index in [1.807, 2.05) is 6.07 Å². The lowest BCUT2D eigenvalue weighted by molar-refractivity contribution is -0.144. The Kier molecular flexibility index (Phi) is 5.61. The second-order valence-electron chi connectivity index (χ2n) is 6.45. The van der Waals surface area contributed by atoms with E-state index in [0.29, 0.717) is 50.4 Å². The number of rotatable bonds is 4. The van der Waals surface area contributed by atoms with Crippen molar-refractivity contribution in [2.75, 3.05) is 32.5 Å². The van der Waals surface area contributed by atoms with Gasteiger partial charge in [0.2, 0.25) is 10.0 Å². The predicted octanol–water partition coefficient (Wildman–Crippen LogP) is 1.66. The van der Waals surface area contributed by atoms with E-state index < -0.39 is 10.0 Å². The third-order valence-corrected chi connectivity index (χ3v) is 5.79. The topological polar surface area (TPSA) is 76.2 Å². The number of amides is 1. The summed E-state index contributed by atoms with van der Waals surface area (Å²) in [5, 5.41) is 1.41. The van der Waals surface area contributed by atoms with Crippen LogP contribution in [0.2, 0.25) is 0 Å². The van der Waals surface area contributed by atoms with Crippen LogP contribution in [0.25, 0.3) is 0 Å². The molecule has 2 aliphatic rings. The Morgan fingerprint density at radius 1 is 1.20 bits per heavy atom. The molecule has 0 unspecified atom stereocenters. The molecule has 25 heavy (non-hydrogen) atoms. The lowest BCUT2D eigenvalue weighted by Crippen LogP contribution is -2.41. The third kappa shape index (κ3) is 4.71. The lowest BCUT2D eigenvalue weighted by atomic mass is 10.1. The molecular formula is C17H24N2O5S. The summed E-state index contributed by atoms with van der Waals surface area (Å²) < 4.78 is 30.5. The molecule has 0 bridgehead atoms. The second kappa shape index (κ2) is 7.72. The van der Waals surface area contributed by atoms with Crippen LogP contribution in [0.3, 0.4) is 0 Å². The molecule has 1 amide bonds. The first-order valence-corrected chi connectivity index (χ1v) is 10.4. The summed E-state index contributed by atoms with van der Waals surface area (Å²) in [7, 11) is -3.14. The van der Waals surface area contributed by atoms with Gasteiger partial charge in [0.15, 0.2) is 0 Å². The number of carbonyl (C=O) groups excluding carboxylic acids is 1. The first-order chi connectivity index (χ1) is 11.9. The molecule has 8 heteroatoms. The maximum atomic E-state index is 12.5. The summed E-state index contributed by atoms with van der Waals surface area (Å²) in [6.45, 7) is 2.10. The Balaban J connectivity index is 1.60. The fraction of sp³-hybridized carbons (Fsp3) is 0.588. The fourth-order valence-corrected chi connectivity index (χ4v) is 3.95. The number of sulfonamides is 1. The highest BCUT2D eigenvalue weighted by Gasteiger charge is 2.26. The number of nitrogens with zero attached hydrogens (tertiary/aromatic N) is 2. The summed E-state index contributed by atoms with van der Waals surface area (Å²) in [5.74, 6) is 0.470. The molecule has 0 saturated carbocycles. The quantitative estimate of drug-likeness (QED) is 0.808. The van der Waals surface area contributed by atoms with E-state index >= 15 is 0 Å². The van der Waals surface area contributed by atoms with Gasteiger partial charge in [0.05, 0.1) is 12.9 Å². The minimum atomic E-state index is -3.14. The van der Waals surface area contributed by atoms with Crippen LogP contribution >= 0.6 is 0 Å². The number of piperidine rings is 1. The van der Waals surface area contributed by atoms with Gasteiger partial charge in [-0.3, -0.25) is 9.63 Å². The minimum absolute atomic E-state index is 0.0467. The zero-order valence-electron chi connectivity index (χ0n) is 14.4. The van der Waals surface area contributed by atoms with E-state index in [2.05, 4.69) is 0 Å². The van der Waals surface area contributed by atoms with Crippen LogP contribution in [0.1, 0.15) is 36.0 Å². The molecule has 7 nitrogen and oxygen atoms in total. The van der Waals surface area contributed by atoms with E-state index in [1.54, 1.807) is 18.2 Å². The van der Waals surface area contributed by atoms with Crippen molar-refractivity contribution in [1.29, 1.82) is 0 Å². The van der Waals surface area contributed by atoms with Gasteiger partial charge in [0, 0.05) is 25.2 Å². The van der Waals surface area contributed by atoms with Gasteiger partial charge in [-0.25, -0.2) is 17.8 Å². The fourth-order valence-electron chi connectivity index (χ4n) is 3.08. The summed E-state index contributed by atoms with van der Waals surface area (Å²) >= 11 is 0. The van der Waals surface area contributed by atoms with Crippen molar-refractivity contribution >= 4 is 15.9 Å². The molecule has 0 atom stereocenters. The average Bonchev–Trinajstić information content (AvgIpc) is 2.62. The number of hydrogen-bond donors (Lipinski definition) is 0. The Morgan fingerprint density at radius 2 is 1.96 bits per heavy atom. The van der Waals surface area contributed by atoms with Gasteiger partial charge in [-0.1, -0.05) is 6.07 Å². The Hall–Kier alpha value is -1.64. The van der Waals surface area contributed by atoms with Gasteiger partial charge in [0.1, 0.15) is 11.9 Å². The molecule has 2 fully saturated rings. The molecule has 1 aromatic rings. The van der Waals surface area contributed by atoms with Crippen LogP contribution in [0.15, 0.2) is 24.3 Å². The Bertz CT molecular complexity index is 708. The van der Waals surface area contributed by atoms with Crippen molar-refractivity contribution in [3.05, 3.63) is 29.8 Å². The predicted molar refractivity (Wildman–Crippen MR) is 92.7 cm³/mol. The van der Waals surface area contributed by atoms with Crippen molar-refractivity contribution in [2.24, 2.45) is 0 Å². The number of carbonyl (C=O) groups is 1. The molecule has 2 saturated heterocycles. The first-order valence-electron chi connectivity index (χ1n) is 8.60. The third-order valence-electron chi connectivity index (χ3n) is 4.48. The zero-order chi connectivity index (χ0) is 17.9. The summed E-state index contributed by atoms with van der Waals surface area (Å²) in [4.78, 5) is 17.9. The van der Waals surface area contributed by atoms with E-state index in [4.69, 9.17) is 9.57 Å². The summed E-state index contributed by atoms with van der Waals surface area (Å²) in [6, 6.07) is 7.08. The molecule has 138 valence electrons. The average molecular weight is 368 g/mol. The van der Waals surface area contributed by atoms with E-state index in [-0.39, 0.29) is 12.0 Å². The van der Waals surface area contributed by atoms with Crippen LogP contribution in [0.4, 0.5) is 0 Å². The Labute approximate surface area is 148 Å². The summed E-state index contributed by atoms with van der Waals surface area (Å²) in [5.41, 5.74) is 0.535. The molecule has 3 rings (SSSR count). The molecule has 0 aliphatic carbocycles. The number of benzene rings is 1. The van der Waals surface area contributed by atoms with Crippen LogP contribution in [-0.4, -0.2) is 62.3 Å².